The van der Waals surface area contributed by atoms with Crippen LogP contribution in [0.4, 0.5) is 9.59 Å². The van der Waals surface area contributed by atoms with Gasteiger partial charge in [0.2, 0.25) is 0 Å². The number of aromatic hydroxyl groups is 1. The van der Waals surface area contributed by atoms with Crippen LogP contribution in [0.15, 0.2) is 147 Å². The van der Waals surface area contributed by atoms with Gasteiger partial charge in [-0.15, -0.1) is 0 Å². The Bertz CT molecular complexity index is 1980. The van der Waals surface area contributed by atoms with E-state index < -0.39 is 6.09 Å². The molecule has 0 unspecified atom stereocenters. The normalized spacial score (nSPS) is 12.6. The monoisotopic (exact) mass is 788 g/mol. The molecule has 0 aliphatic carbocycles. The molecule has 4 N–H and O–H groups in total. The van der Waals surface area contributed by atoms with Crippen LogP contribution in [0.2, 0.25) is 0 Å². The van der Waals surface area contributed by atoms with Crippen molar-refractivity contribution in [2.24, 2.45) is 5.73 Å². The fraction of sp³-hybridized carbons (Fsp3) is 0.304. The summed E-state index contributed by atoms with van der Waals surface area (Å²) in [6, 6.07) is 36.1. The lowest BCUT2D eigenvalue weighted by atomic mass is 10.1. The number of hydrogen-bond donors (Lipinski definition) is 3. The number of amides is 1. The van der Waals surface area contributed by atoms with Gasteiger partial charge in [0.05, 0.1) is 0 Å². The maximum Gasteiger partial charge on any atom is 0.412 e. The smallest absolute Gasteiger partial charge is 0.412 e. The number of nitrogens with two attached hydrogens (primary N) is 1. The lowest BCUT2D eigenvalue weighted by Gasteiger charge is -2.20. The van der Waals surface area contributed by atoms with Gasteiger partial charge in [-0.2, -0.15) is 0 Å². The van der Waals surface area contributed by atoms with Crippen LogP contribution in [0.3, 0.4) is 0 Å². The Morgan fingerprint density at radius 2 is 1.17 bits per heavy atom. The van der Waals surface area contributed by atoms with Crippen LogP contribution in [0.5, 0.6) is 11.5 Å². The van der Waals surface area contributed by atoms with Crippen molar-refractivity contribution in [3.63, 3.8) is 0 Å². The van der Waals surface area contributed by atoms with Gasteiger partial charge in [0, 0.05) is 49.0 Å². The zero-order valence-corrected chi connectivity index (χ0v) is 35.0. The molecule has 4 atom stereocenters. The predicted octanol–water partition coefficient (Wildman–Crippen LogP) is 8.22. The number of nitrogens with zero attached hydrogens (tertiary/aromatic N) is 6. The van der Waals surface area contributed by atoms with E-state index in [1.807, 2.05) is 109 Å². The van der Waals surface area contributed by atoms with Gasteiger partial charge >= 0.3 is 12.1 Å². The minimum absolute atomic E-state index is 0.00350. The number of carbonyl (C=O) groups excluding carboxylic acids is 2. The topological polar surface area (TPSA) is 144 Å². The second-order valence-electron chi connectivity index (χ2n) is 14.5. The highest BCUT2D eigenvalue weighted by Crippen LogP contribution is 2.23. The summed E-state index contributed by atoms with van der Waals surface area (Å²) in [5.41, 5.74) is 10.4. The molecule has 0 saturated heterocycles. The molecule has 6 aromatic rings. The lowest BCUT2D eigenvalue weighted by Crippen LogP contribution is -2.36. The Hall–Kier alpha value is -6.08. The van der Waals surface area contributed by atoms with Gasteiger partial charge in [0.1, 0.15) is 24.2 Å². The molecule has 12 nitrogen and oxygen atoms in total. The maximum atomic E-state index is 12.1. The van der Waals surface area contributed by atoms with E-state index in [0.717, 1.165) is 24.0 Å². The standard InChI is InChI=1S/C20H26N2O2.C10H15NO.C9H13N.C7H6N4O/c1-15(13-17-9-6-5-7-10-17)21-20(23)24-19-12-8-11-18(14-19)16(2)22(3)4;1-8(11(2)3)9-5-4-6-10(12)7-9;1-8(10)7-9-5-3-2-4-6-9;12-7(10-3-1-8-5-10)11-4-2-9-6-11/h5-12,14-16H,13H2,1-4H3,(H,21,23);4-8,12H,1-3H3;2-6,8H,7,10H2,1H3;1-6H/t15-,16-;2*8-;/m111./s1. The number of carbonyl (C=O) groups is 2. The largest absolute Gasteiger partial charge is 0.508 e. The molecule has 0 radical (unpaired) electrons. The molecular weight excluding hydrogens is 729 g/mol. The van der Waals surface area contributed by atoms with Crippen LogP contribution in [0, 0.1) is 0 Å². The summed E-state index contributed by atoms with van der Waals surface area (Å²) in [6.45, 7) is 8.21. The highest BCUT2D eigenvalue weighted by molar-refractivity contribution is 5.78. The molecule has 0 spiro atoms. The zero-order valence-electron chi connectivity index (χ0n) is 35.0. The van der Waals surface area contributed by atoms with Gasteiger partial charge in [0.15, 0.2) is 0 Å². The Balaban J connectivity index is 0.000000223. The summed E-state index contributed by atoms with van der Waals surface area (Å²) in [5, 5.41) is 12.1. The highest BCUT2D eigenvalue weighted by Gasteiger charge is 2.13. The number of ether oxygens (including phenoxy) is 1. The summed E-state index contributed by atoms with van der Waals surface area (Å²) in [7, 11) is 8.09. The molecule has 2 aromatic heterocycles. The van der Waals surface area contributed by atoms with Crippen LogP contribution in [-0.4, -0.2) is 86.4 Å². The first kappa shape index (κ1) is 46.3. The quantitative estimate of drug-likeness (QED) is 0.125. The van der Waals surface area contributed by atoms with Crippen molar-refractivity contribution in [2.45, 2.75) is 64.7 Å². The number of rotatable bonds is 10. The van der Waals surface area contributed by atoms with E-state index in [-0.39, 0.29) is 24.2 Å². The van der Waals surface area contributed by atoms with E-state index >= 15 is 0 Å². The number of hydrogen-bond acceptors (Lipinski definition) is 9. The van der Waals surface area contributed by atoms with E-state index in [1.54, 1.807) is 43.0 Å². The molecule has 2 heterocycles. The summed E-state index contributed by atoms with van der Waals surface area (Å²) < 4.78 is 8.18. The van der Waals surface area contributed by atoms with Crippen LogP contribution < -0.4 is 15.8 Å². The minimum Gasteiger partial charge on any atom is -0.508 e. The number of phenolic OH excluding ortho intramolecular Hbond substituents is 1. The van der Waals surface area contributed by atoms with Gasteiger partial charge in [-0.3, -0.25) is 9.13 Å². The molecule has 0 aliphatic heterocycles. The van der Waals surface area contributed by atoms with E-state index in [0.29, 0.717) is 17.5 Å². The van der Waals surface area contributed by atoms with Crippen molar-refractivity contribution in [3.8, 4) is 11.5 Å². The average molecular weight is 789 g/mol. The number of benzene rings is 4. The van der Waals surface area contributed by atoms with Gasteiger partial charge < -0.3 is 30.7 Å². The van der Waals surface area contributed by atoms with Crippen LogP contribution in [0.1, 0.15) is 62.0 Å². The van der Waals surface area contributed by atoms with Gasteiger partial charge in [-0.1, -0.05) is 84.9 Å². The summed E-state index contributed by atoms with van der Waals surface area (Å²) in [4.78, 5) is 35.2. The van der Waals surface area contributed by atoms with E-state index in [9.17, 15) is 14.7 Å². The van der Waals surface area contributed by atoms with Crippen LogP contribution in [0.25, 0.3) is 0 Å². The van der Waals surface area contributed by atoms with E-state index in [4.69, 9.17) is 10.5 Å². The summed E-state index contributed by atoms with van der Waals surface area (Å²) in [6.07, 6.45) is 10.5. The Morgan fingerprint density at radius 1 is 0.690 bits per heavy atom. The highest BCUT2D eigenvalue weighted by atomic mass is 16.6. The van der Waals surface area contributed by atoms with Crippen molar-refractivity contribution in [1.82, 2.24) is 34.2 Å². The van der Waals surface area contributed by atoms with Crippen molar-refractivity contribution >= 4 is 12.1 Å². The molecule has 0 aliphatic rings. The molecule has 0 fully saturated rings. The Kier molecular flexibility index (Phi) is 19.6. The maximum absolute atomic E-state index is 12.1. The third-order valence-corrected chi connectivity index (χ3v) is 9.05. The first-order chi connectivity index (χ1) is 27.7. The van der Waals surface area contributed by atoms with Gasteiger partial charge in [0.25, 0.3) is 0 Å². The molecular formula is C46H60N8O4. The second-order valence-corrected chi connectivity index (χ2v) is 14.5. The van der Waals surface area contributed by atoms with Crippen molar-refractivity contribution in [2.75, 3.05) is 28.2 Å². The molecule has 12 heteroatoms. The number of imidazole rings is 2. The second kappa shape index (κ2) is 24.5. The third-order valence-electron chi connectivity index (χ3n) is 9.05. The Labute approximate surface area is 343 Å². The molecule has 0 saturated carbocycles. The van der Waals surface area contributed by atoms with Crippen LogP contribution in [-0.2, 0) is 12.8 Å². The minimum atomic E-state index is -0.423. The van der Waals surface area contributed by atoms with Crippen molar-refractivity contribution < 1.29 is 19.4 Å². The predicted molar refractivity (Wildman–Crippen MR) is 232 cm³/mol. The molecule has 0 bridgehead atoms. The average Bonchev–Trinajstić information content (AvgIpc) is 3.95. The van der Waals surface area contributed by atoms with Crippen LogP contribution >= 0.6 is 0 Å². The first-order valence-electron chi connectivity index (χ1n) is 19.3. The third kappa shape index (κ3) is 17.0. The molecule has 4 aromatic carbocycles. The number of aromatic nitrogens is 4. The van der Waals surface area contributed by atoms with E-state index in [1.165, 1.54) is 32.9 Å². The van der Waals surface area contributed by atoms with Crippen molar-refractivity contribution in [3.05, 3.63) is 169 Å². The van der Waals surface area contributed by atoms with Crippen molar-refractivity contribution in [1.29, 1.82) is 0 Å². The van der Waals surface area contributed by atoms with Gasteiger partial charge in [-0.05, 0) is 115 Å². The zero-order chi connectivity index (χ0) is 42.5. The SMILES string of the molecule is C[C@@H](N)Cc1ccccc1.C[C@H](Cc1ccccc1)NC(=O)Oc1cccc([C@@H](C)N(C)C)c1.C[C@H](c1cccc(O)c1)N(C)C.O=C(n1ccnc1)n1ccnc1. The summed E-state index contributed by atoms with van der Waals surface area (Å²) >= 11 is 0. The molecule has 1 amide bonds. The lowest BCUT2D eigenvalue weighted by molar-refractivity contribution is 0.196. The Morgan fingerprint density at radius 3 is 1.62 bits per heavy atom. The summed E-state index contributed by atoms with van der Waals surface area (Å²) in [5.74, 6) is 0.895. The number of nitrogens with one attached hydrogen (secondary N) is 1. The molecule has 308 valence electrons. The molecule has 6 rings (SSSR count). The number of phenols is 1. The fourth-order valence-corrected chi connectivity index (χ4v) is 5.44. The molecule has 58 heavy (non-hydrogen) atoms. The van der Waals surface area contributed by atoms with Gasteiger partial charge in [-0.25, -0.2) is 19.6 Å². The van der Waals surface area contributed by atoms with E-state index in [2.05, 4.69) is 63.2 Å². The fourth-order valence-electron chi connectivity index (χ4n) is 5.44. The first-order valence-corrected chi connectivity index (χ1v) is 19.3.